The van der Waals surface area contributed by atoms with E-state index >= 15 is 0 Å². The van der Waals surface area contributed by atoms with Crippen LogP contribution in [0.3, 0.4) is 0 Å². The predicted molar refractivity (Wildman–Crippen MR) is 87.2 cm³/mol. The van der Waals surface area contributed by atoms with Gasteiger partial charge in [0.2, 0.25) is 5.91 Å². The van der Waals surface area contributed by atoms with Crippen LogP contribution in [0, 0.1) is 0 Å². The summed E-state index contributed by atoms with van der Waals surface area (Å²) in [5, 5.41) is 2.96. The normalized spacial score (nSPS) is 11.0. The van der Waals surface area contributed by atoms with Gasteiger partial charge in [0.25, 0.3) is 0 Å². The number of benzene rings is 2. The molecule has 0 aliphatic rings. The summed E-state index contributed by atoms with van der Waals surface area (Å²) in [6.45, 7) is -3.20. The number of carbonyl (C=O) groups excluding carboxylic acids is 1. The van der Waals surface area contributed by atoms with Crippen molar-refractivity contribution in [1.29, 1.82) is 0 Å². The number of alkyl halides is 2. The van der Waals surface area contributed by atoms with Crippen molar-refractivity contribution in [3.05, 3.63) is 58.0 Å². The second kappa shape index (κ2) is 6.94. The molecular weight excluding hydrogens is 358 g/mol. The number of nitrogens with one attached hydrogen (secondary N) is 1. The van der Waals surface area contributed by atoms with Crippen LogP contribution in [-0.4, -0.2) is 17.1 Å². The molecule has 0 saturated heterocycles. The summed E-state index contributed by atoms with van der Waals surface area (Å²) in [6.07, 6.45) is 0. The van der Waals surface area contributed by atoms with Crippen molar-refractivity contribution in [2.75, 3.05) is 5.32 Å². The summed E-state index contributed by atoms with van der Waals surface area (Å²) in [7, 11) is 0. The molecule has 6 nitrogen and oxygen atoms in total. The summed E-state index contributed by atoms with van der Waals surface area (Å²) in [5.41, 5.74) is 1.08. The Hall–Kier alpha value is -2.87. The number of rotatable bonds is 5. The number of halogens is 3. The van der Waals surface area contributed by atoms with Crippen molar-refractivity contribution in [2.45, 2.75) is 13.2 Å². The minimum atomic E-state index is -2.92. The Morgan fingerprint density at radius 3 is 2.64 bits per heavy atom. The molecule has 0 saturated carbocycles. The van der Waals surface area contributed by atoms with Crippen LogP contribution in [0.2, 0.25) is 5.02 Å². The highest BCUT2D eigenvalue weighted by atomic mass is 35.5. The van der Waals surface area contributed by atoms with Crippen LogP contribution in [-0.2, 0) is 11.3 Å². The highest BCUT2D eigenvalue weighted by molar-refractivity contribution is 6.31. The SMILES string of the molecule is O=C(Cn1c(=O)oc2cc(Cl)ccc21)Nc1ccc(OC(F)F)cc1. The predicted octanol–water partition coefficient (Wildman–Crippen LogP) is 3.49. The van der Waals surface area contributed by atoms with Crippen LogP contribution in [0.1, 0.15) is 0 Å². The number of nitrogens with zero attached hydrogens (tertiary/aromatic N) is 1. The van der Waals surface area contributed by atoms with Gasteiger partial charge in [-0.05, 0) is 36.4 Å². The molecule has 0 aliphatic carbocycles. The second-order valence-electron chi connectivity index (χ2n) is 5.02. The van der Waals surface area contributed by atoms with Crippen LogP contribution in [0.15, 0.2) is 51.7 Å². The first-order valence-electron chi connectivity index (χ1n) is 7.06. The van der Waals surface area contributed by atoms with Crippen LogP contribution < -0.4 is 15.8 Å². The fraction of sp³-hybridized carbons (Fsp3) is 0.125. The lowest BCUT2D eigenvalue weighted by Gasteiger charge is -2.08. The second-order valence-corrected chi connectivity index (χ2v) is 5.45. The lowest BCUT2D eigenvalue weighted by atomic mass is 10.3. The highest BCUT2D eigenvalue weighted by Crippen LogP contribution is 2.19. The molecule has 1 amide bonds. The van der Waals surface area contributed by atoms with E-state index in [1.807, 2.05) is 0 Å². The van der Waals surface area contributed by atoms with Gasteiger partial charge in [-0.25, -0.2) is 4.79 Å². The minimum absolute atomic E-state index is 0.0260. The molecule has 0 atom stereocenters. The van der Waals surface area contributed by atoms with E-state index in [2.05, 4.69) is 10.1 Å². The van der Waals surface area contributed by atoms with E-state index in [0.717, 1.165) is 4.57 Å². The molecule has 0 spiro atoms. The standard InChI is InChI=1S/C16H11ClF2N2O4/c17-9-1-6-12-13(7-9)25-16(23)21(12)8-14(22)20-10-2-4-11(5-3-10)24-15(18)19/h1-7,15H,8H2,(H,20,22). The van der Waals surface area contributed by atoms with Gasteiger partial charge in [0.05, 0.1) is 5.52 Å². The monoisotopic (exact) mass is 368 g/mol. The van der Waals surface area contributed by atoms with Crippen molar-refractivity contribution < 1.29 is 22.7 Å². The van der Waals surface area contributed by atoms with Crippen molar-refractivity contribution in [3.63, 3.8) is 0 Å². The Bertz CT molecular complexity index is 966. The minimum Gasteiger partial charge on any atom is -0.435 e. The topological polar surface area (TPSA) is 73.5 Å². The Kier molecular flexibility index (Phi) is 4.71. The van der Waals surface area contributed by atoms with Gasteiger partial charge in [0.15, 0.2) is 5.58 Å². The quantitative estimate of drug-likeness (QED) is 0.748. The van der Waals surface area contributed by atoms with E-state index in [-0.39, 0.29) is 17.9 Å². The van der Waals surface area contributed by atoms with Crippen LogP contribution in [0.4, 0.5) is 14.5 Å². The molecule has 0 fully saturated rings. The fourth-order valence-electron chi connectivity index (χ4n) is 2.25. The summed E-state index contributed by atoms with van der Waals surface area (Å²) in [6, 6.07) is 10.0. The molecule has 25 heavy (non-hydrogen) atoms. The van der Waals surface area contributed by atoms with Crippen molar-refractivity contribution in [3.8, 4) is 5.75 Å². The maximum Gasteiger partial charge on any atom is 0.420 e. The van der Waals surface area contributed by atoms with Gasteiger partial charge in [-0.3, -0.25) is 9.36 Å². The van der Waals surface area contributed by atoms with Crippen LogP contribution in [0.5, 0.6) is 5.75 Å². The third-order valence-electron chi connectivity index (χ3n) is 3.30. The molecule has 0 radical (unpaired) electrons. The lowest BCUT2D eigenvalue weighted by molar-refractivity contribution is -0.116. The number of carbonyl (C=O) groups is 1. The average molecular weight is 369 g/mol. The van der Waals surface area contributed by atoms with Gasteiger partial charge in [-0.15, -0.1) is 0 Å². The Morgan fingerprint density at radius 1 is 1.24 bits per heavy atom. The number of amides is 1. The smallest absolute Gasteiger partial charge is 0.420 e. The molecule has 1 aromatic heterocycles. The van der Waals surface area contributed by atoms with E-state index in [0.29, 0.717) is 16.2 Å². The van der Waals surface area contributed by atoms with Gasteiger partial charge in [-0.2, -0.15) is 8.78 Å². The zero-order valence-electron chi connectivity index (χ0n) is 12.5. The average Bonchev–Trinajstić information content (AvgIpc) is 2.83. The highest BCUT2D eigenvalue weighted by Gasteiger charge is 2.13. The van der Waals surface area contributed by atoms with Gasteiger partial charge in [0, 0.05) is 16.8 Å². The van der Waals surface area contributed by atoms with Gasteiger partial charge >= 0.3 is 12.4 Å². The molecule has 1 N–H and O–H groups in total. The molecule has 0 bridgehead atoms. The van der Waals surface area contributed by atoms with Crippen molar-refractivity contribution >= 4 is 34.3 Å². The largest absolute Gasteiger partial charge is 0.435 e. The molecular formula is C16H11ClF2N2O4. The number of hydrogen-bond acceptors (Lipinski definition) is 4. The summed E-state index contributed by atoms with van der Waals surface area (Å²) < 4.78 is 34.6. The molecule has 3 aromatic rings. The molecule has 1 heterocycles. The van der Waals surface area contributed by atoms with E-state index < -0.39 is 18.3 Å². The fourth-order valence-corrected chi connectivity index (χ4v) is 2.42. The first-order chi connectivity index (χ1) is 11.9. The molecule has 0 unspecified atom stereocenters. The Labute approximate surface area is 144 Å². The van der Waals surface area contributed by atoms with E-state index in [9.17, 15) is 18.4 Å². The number of aromatic nitrogens is 1. The maximum atomic E-state index is 12.1. The molecule has 2 aromatic carbocycles. The van der Waals surface area contributed by atoms with Gasteiger partial charge in [0.1, 0.15) is 12.3 Å². The van der Waals surface area contributed by atoms with Crippen molar-refractivity contribution in [2.24, 2.45) is 0 Å². The Balaban J connectivity index is 1.73. The summed E-state index contributed by atoms with van der Waals surface area (Å²) in [4.78, 5) is 24.0. The number of oxazole rings is 1. The van der Waals surface area contributed by atoms with E-state index in [1.165, 1.54) is 30.3 Å². The van der Waals surface area contributed by atoms with Crippen LogP contribution >= 0.6 is 11.6 Å². The third-order valence-corrected chi connectivity index (χ3v) is 3.53. The number of hydrogen-bond donors (Lipinski definition) is 1. The zero-order chi connectivity index (χ0) is 18.0. The van der Waals surface area contributed by atoms with E-state index in [4.69, 9.17) is 16.0 Å². The van der Waals surface area contributed by atoms with Crippen molar-refractivity contribution in [1.82, 2.24) is 4.57 Å². The Morgan fingerprint density at radius 2 is 1.96 bits per heavy atom. The third kappa shape index (κ3) is 3.97. The first-order valence-corrected chi connectivity index (χ1v) is 7.44. The molecule has 0 aliphatic heterocycles. The van der Waals surface area contributed by atoms with Gasteiger partial charge < -0.3 is 14.5 Å². The summed E-state index contributed by atoms with van der Waals surface area (Å²) in [5.74, 6) is -1.20. The number of ether oxygens (including phenoxy) is 1. The maximum absolute atomic E-state index is 12.1. The lowest BCUT2D eigenvalue weighted by Crippen LogP contribution is -2.24. The number of anilines is 1. The molecule has 130 valence electrons. The van der Waals surface area contributed by atoms with E-state index in [1.54, 1.807) is 12.1 Å². The summed E-state index contributed by atoms with van der Waals surface area (Å²) >= 11 is 5.83. The molecule has 3 rings (SSSR count). The zero-order valence-corrected chi connectivity index (χ0v) is 13.3. The number of fused-ring (bicyclic) bond motifs is 1. The first kappa shape index (κ1) is 17.0. The molecule has 9 heteroatoms. The van der Waals surface area contributed by atoms with Crippen LogP contribution in [0.25, 0.3) is 11.1 Å². The van der Waals surface area contributed by atoms with Gasteiger partial charge in [-0.1, -0.05) is 11.6 Å².